The Hall–Kier alpha value is -2.45. The number of carbonyl (C=O) groups is 2. The molecule has 370 valence electrons. The molecule has 1 fully saturated rings. The first kappa shape index (κ1) is 59.6. The van der Waals surface area contributed by atoms with E-state index < -0.39 is 75.7 Å². The summed E-state index contributed by atoms with van der Waals surface area (Å²) in [6, 6.07) is 0. The number of hydrogen-bond donors (Lipinski definition) is 6. The predicted octanol–water partition coefficient (Wildman–Crippen LogP) is 10.1. The van der Waals surface area contributed by atoms with Gasteiger partial charge in [0, 0.05) is 12.8 Å². The van der Waals surface area contributed by atoms with Crippen LogP contribution >= 0.6 is 7.82 Å². The maximum absolute atomic E-state index is 12.8. The van der Waals surface area contributed by atoms with E-state index in [2.05, 4.69) is 74.6 Å². The summed E-state index contributed by atoms with van der Waals surface area (Å²) in [5, 5.41) is 50.2. The number of hydrogen-bond acceptors (Lipinski definition) is 12. The number of unbranched alkanes of at least 4 members (excludes halogenated alkanes) is 18. The lowest BCUT2D eigenvalue weighted by atomic mass is 9.85. The van der Waals surface area contributed by atoms with E-state index in [0.717, 1.165) is 83.5 Å². The molecule has 0 bridgehead atoms. The van der Waals surface area contributed by atoms with E-state index in [1.807, 2.05) is 0 Å². The lowest BCUT2D eigenvalue weighted by molar-refractivity contribution is -0.220. The molecule has 0 aromatic heterocycles. The van der Waals surface area contributed by atoms with Crippen molar-refractivity contribution in [2.24, 2.45) is 0 Å². The second-order valence-electron chi connectivity index (χ2n) is 16.9. The Bertz CT molecular complexity index is 1350. The Morgan fingerprint density at radius 3 is 1.38 bits per heavy atom. The Kier molecular flexibility index (Phi) is 36.9. The zero-order chi connectivity index (χ0) is 47.1. The minimum atomic E-state index is -5.13. The molecular weight excluding hydrogens is 840 g/mol. The van der Waals surface area contributed by atoms with Crippen LogP contribution in [0.2, 0.25) is 0 Å². The number of phosphoric ester groups is 1. The van der Waals surface area contributed by atoms with Gasteiger partial charge in [-0.1, -0.05) is 158 Å². The third kappa shape index (κ3) is 31.5. The molecule has 0 aliphatic heterocycles. The first-order chi connectivity index (χ1) is 30.9. The van der Waals surface area contributed by atoms with Crippen LogP contribution in [0.25, 0.3) is 0 Å². The number of aliphatic hydroxyl groups is 5. The molecule has 0 radical (unpaired) electrons. The summed E-state index contributed by atoms with van der Waals surface area (Å²) in [6.45, 7) is 3.17. The van der Waals surface area contributed by atoms with Crippen molar-refractivity contribution in [3.63, 3.8) is 0 Å². The lowest BCUT2D eigenvalue weighted by Crippen LogP contribution is -2.64. The first-order valence-corrected chi connectivity index (χ1v) is 26.1. The molecule has 0 saturated heterocycles. The van der Waals surface area contributed by atoms with Gasteiger partial charge in [0.2, 0.25) is 0 Å². The topological polar surface area (TPSA) is 210 Å². The van der Waals surface area contributed by atoms with Gasteiger partial charge in [-0.25, -0.2) is 4.57 Å². The average Bonchev–Trinajstić information content (AvgIpc) is 3.28. The minimum absolute atomic E-state index is 0.0657. The van der Waals surface area contributed by atoms with Crippen LogP contribution in [0, 0.1) is 0 Å². The van der Waals surface area contributed by atoms with E-state index in [1.165, 1.54) is 64.2 Å². The van der Waals surface area contributed by atoms with Crippen molar-refractivity contribution < 1.29 is 63.1 Å². The normalized spacial score (nSPS) is 22.1. The molecule has 0 heterocycles. The van der Waals surface area contributed by atoms with Gasteiger partial charge in [0.25, 0.3) is 0 Å². The van der Waals surface area contributed by atoms with E-state index in [9.17, 15) is 44.6 Å². The summed E-state index contributed by atoms with van der Waals surface area (Å²) in [5.74, 6) is -1.13. The fraction of sp³-hybridized carbons (Fsp3) is 0.760. The van der Waals surface area contributed by atoms with Gasteiger partial charge in [-0.3, -0.25) is 18.6 Å². The maximum atomic E-state index is 12.8. The third-order valence-electron chi connectivity index (χ3n) is 11.1. The van der Waals surface area contributed by atoms with Crippen LogP contribution in [0.5, 0.6) is 0 Å². The number of aliphatic hydroxyl groups excluding tert-OH is 5. The quantitative estimate of drug-likeness (QED) is 0.0146. The summed E-state index contributed by atoms with van der Waals surface area (Å²) >= 11 is 0. The molecule has 0 aromatic rings. The molecule has 1 saturated carbocycles. The molecule has 64 heavy (non-hydrogen) atoms. The molecule has 1 aliphatic rings. The van der Waals surface area contributed by atoms with Gasteiger partial charge in [0.05, 0.1) is 6.61 Å². The van der Waals surface area contributed by atoms with Crippen molar-refractivity contribution in [2.45, 2.75) is 230 Å². The highest BCUT2D eigenvalue weighted by Gasteiger charge is 2.51. The monoisotopic (exact) mass is 927 g/mol. The van der Waals surface area contributed by atoms with E-state index in [4.69, 9.17) is 18.5 Å². The van der Waals surface area contributed by atoms with E-state index >= 15 is 0 Å². The van der Waals surface area contributed by atoms with Crippen LogP contribution in [-0.4, -0.2) is 98.3 Å². The smallest absolute Gasteiger partial charge is 0.462 e. The van der Waals surface area contributed by atoms with Crippen molar-refractivity contribution in [1.82, 2.24) is 0 Å². The van der Waals surface area contributed by atoms with Crippen LogP contribution < -0.4 is 0 Å². The largest absolute Gasteiger partial charge is 0.472 e. The summed E-state index contributed by atoms with van der Waals surface area (Å²) in [7, 11) is -5.13. The first-order valence-electron chi connectivity index (χ1n) is 24.6. The van der Waals surface area contributed by atoms with Gasteiger partial charge in [0.15, 0.2) is 6.10 Å². The van der Waals surface area contributed by atoms with Gasteiger partial charge < -0.3 is 39.9 Å². The van der Waals surface area contributed by atoms with Crippen molar-refractivity contribution in [3.05, 3.63) is 60.8 Å². The summed E-state index contributed by atoms with van der Waals surface area (Å²) in [6.07, 6.45) is 35.5. The van der Waals surface area contributed by atoms with Crippen LogP contribution in [0.15, 0.2) is 60.8 Å². The highest BCUT2D eigenvalue weighted by Crippen LogP contribution is 2.47. The molecule has 6 N–H and O–H groups in total. The van der Waals surface area contributed by atoms with Gasteiger partial charge in [0.1, 0.15) is 43.2 Å². The fourth-order valence-corrected chi connectivity index (χ4v) is 8.13. The maximum Gasteiger partial charge on any atom is 0.472 e. The van der Waals surface area contributed by atoms with Crippen molar-refractivity contribution in [1.29, 1.82) is 0 Å². The second kappa shape index (κ2) is 39.7. The molecule has 14 heteroatoms. The molecule has 0 spiro atoms. The Labute approximate surface area is 385 Å². The number of allylic oxidation sites excluding steroid dienone is 10. The Balaban J connectivity index is 2.45. The van der Waals surface area contributed by atoms with Crippen LogP contribution in [-0.2, 0) is 32.7 Å². The summed E-state index contributed by atoms with van der Waals surface area (Å²) in [5.41, 5.74) is 0. The van der Waals surface area contributed by atoms with Crippen LogP contribution in [0.4, 0.5) is 0 Å². The number of esters is 2. The van der Waals surface area contributed by atoms with Gasteiger partial charge >= 0.3 is 19.8 Å². The highest BCUT2D eigenvalue weighted by molar-refractivity contribution is 7.47. The number of ether oxygens (including phenoxy) is 2. The molecule has 6 unspecified atom stereocenters. The molecule has 6 atom stereocenters. The van der Waals surface area contributed by atoms with Gasteiger partial charge in [-0.2, -0.15) is 0 Å². The minimum Gasteiger partial charge on any atom is -0.462 e. The van der Waals surface area contributed by atoms with Gasteiger partial charge in [-0.05, 0) is 77.0 Å². The summed E-state index contributed by atoms with van der Waals surface area (Å²) < 4.78 is 33.6. The SMILES string of the molecule is CC/C=C\C/C=C\C/C=C\C/C=C\CCCCCCC(=O)OC(COC(=O)CCCCCCCCC/C=C\CCCCCCCCC)COP(=O)(O)OC1C(O)C(O)C(O)C(O)C1O. The second-order valence-corrected chi connectivity index (χ2v) is 18.3. The zero-order valence-corrected chi connectivity index (χ0v) is 40.2. The zero-order valence-electron chi connectivity index (χ0n) is 39.3. The van der Waals surface area contributed by atoms with Gasteiger partial charge in [-0.15, -0.1) is 0 Å². The van der Waals surface area contributed by atoms with E-state index in [0.29, 0.717) is 12.8 Å². The molecule has 0 amide bonds. The fourth-order valence-electron chi connectivity index (χ4n) is 7.16. The van der Waals surface area contributed by atoms with Crippen molar-refractivity contribution >= 4 is 19.8 Å². The molecule has 13 nitrogen and oxygen atoms in total. The van der Waals surface area contributed by atoms with E-state index in [1.54, 1.807) is 0 Å². The number of phosphoric acid groups is 1. The molecule has 1 aliphatic carbocycles. The predicted molar refractivity (Wildman–Crippen MR) is 253 cm³/mol. The highest BCUT2D eigenvalue weighted by atomic mass is 31.2. The number of carbonyl (C=O) groups excluding carboxylic acids is 2. The van der Waals surface area contributed by atoms with Crippen LogP contribution in [0.3, 0.4) is 0 Å². The third-order valence-corrected chi connectivity index (χ3v) is 12.1. The summed E-state index contributed by atoms with van der Waals surface area (Å²) in [4.78, 5) is 35.8. The average molecular weight is 927 g/mol. The number of rotatable bonds is 40. The Morgan fingerprint density at radius 1 is 0.500 bits per heavy atom. The van der Waals surface area contributed by atoms with Crippen LogP contribution in [0.1, 0.15) is 187 Å². The standard InChI is InChI=1S/C50H87O13P/c1-3-5-7-9-11-13-15-17-19-21-23-24-26-28-30-32-34-36-38-43(51)60-40-42(41-61-64(58,59)63-50-48(56)46(54)45(53)47(55)49(50)57)62-44(52)39-37-35-33-31-29-27-25-22-20-18-16-14-12-10-8-6-4-2/h6,8,12,14,18-21,25,27,42,45-50,53-57H,3-5,7,9-11,13,15-17,22-24,26,28-41H2,1-2H3,(H,58,59)/b8-6-,14-12-,20-18-,21-19-,27-25-. The van der Waals surface area contributed by atoms with Crippen molar-refractivity contribution in [2.75, 3.05) is 13.2 Å². The molecule has 1 rings (SSSR count). The van der Waals surface area contributed by atoms with Crippen molar-refractivity contribution in [3.8, 4) is 0 Å². The molecular formula is C50H87O13P. The molecule has 0 aromatic carbocycles. The Morgan fingerprint density at radius 2 is 0.891 bits per heavy atom. The lowest BCUT2D eigenvalue weighted by Gasteiger charge is -2.41. The van der Waals surface area contributed by atoms with E-state index in [-0.39, 0.29) is 12.8 Å².